The highest BCUT2D eigenvalue weighted by atomic mass is 35.5. The van der Waals surface area contributed by atoms with E-state index in [2.05, 4.69) is 0 Å². The third-order valence-electron chi connectivity index (χ3n) is 2.64. The first-order chi connectivity index (χ1) is 9.40. The van der Waals surface area contributed by atoms with Crippen molar-refractivity contribution in [2.75, 3.05) is 0 Å². The van der Waals surface area contributed by atoms with E-state index in [0.717, 1.165) is 0 Å². The second-order valence-corrected chi connectivity index (χ2v) is 5.78. The zero-order valence-corrected chi connectivity index (χ0v) is 12.9. The highest BCUT2D eigenvalue weighted by molar-refractivity contribution is 6.59. The lowest BCUT2D eigenvalue weighted by Crippen LogP contribution is -1.91. The lowest BCUT2D eigenvalue weighted by Gasteiger charge is -2.13. The van der Waals surface area contributed by atoms with E-state index >= 15 is 0 Å². The van der Waals surface area contributed by atoms with Crippen molar-refractivity contribution < 1.29 is 10.2 Å². The van der Waals surface area contributed by atoms with Crippen LogP contribution in [0.2, 0.25) is 10.0 Å². The second-order valence-electron chi connectivity index (χ2n) is 3.96. The van der Waals surface area contributed by atoms with Gasteiger partial charge in [-0.15, -0.1) is 0 Å². The molecule has 0 atom stereocenters. The minimum absolute atomic E-state index is 0.0671. The van der Waals surface area contributed by atoms with Gasteiger partial charge in [0.1, 0.15) is 16.0 Å². The lowest BCUT2D eigenvalue weighted by atomic mass is 9.98. The molecule has 2 aromatic rings. The van der Waals surface area contributed by atoms with Gasteiger partial charge >= 0.3 is 0 Å². The predicted molar refractivity (Wildman–Crippen MR) is 84.0 cm³/mol. The summed E-state index contributed by atoms with van der Waals surface area (Å²) in [4.78, 5) is 0. The van der Waals surface area contributed by atoms with Crippen molar-refractivity contribution in [3.63, 3.8) is 0 Å². The van der Waals surface area contributed by atoms with E-state index in [1.165, 1.54) is 36.4 Å². The summed E-state index contributed by atoms with van der Waals surface area (Å²) >= 11 is 23.6. The maximum Gasteiger partial charge on any atom is 0.123 e. The van der Waals surface area contributed by atoms with Gasteiger partial charge < -0.3 is 10.2 Å². The van der Waals surface area contributed by atoms with Crippen LogP contribution in [0.4, 0.5) is 0 Å². The molecule has 0 heterocycles. The summed E-state index contributed by atoms with van der Waals surface area (Å²) in [7, 11) is 0. The van der Waals surface area contributed by atoms with Gasteiger partial charge in [-0.3, -0.25) is 0 Å². The molecule has 0 amide bonds. The third kappa shape index (κ3) is 3.15. The quantitative estimate of drug-likeness (QED) is 0.740. The van der Waals surface area contributed by atoms with E-state index in [4.69, 9.17) is 46.4 Å². The van der Waals surface area contributed by atoms with Gasteiger partial charge in [0.2, 0.25) is 0 Å². The van der Waals surface area contributed by atoms with E-state index in [1.807, 2.05) is 0 Å². The highest BCUT2D eigenvalue weighted by Crippen LogP contribution is 2.41. The number of halogens is 4. The number of rotatable bonds is 2. The molecule has 0 fully saturated rings. The fourth-order valence-electron chi connectivity index (χ4n) is 1.77. The predicted octanol–water partition coefficient (Wildman–Crippen LogP) is 5.60. The molecule has 0 saturated carbocycles. The van der Waals surface area contributed by atoms with Crippen molar-refractivity contribution in [3.8, 4) is 11.5 Å². The van der Waals surface area contributed by atoms with Crippen molar-refractivity contribution in [1.29, 1.82) is 0 Å². The Kier molecular flexibility index (Phi) is 4.71. The van der Waals surface area contributed by atoms with Crippen LogP contribution >= 0.6 is 46.4 Å². The van der Waals surface area contributed by atoms with Gasteiger partial charge in [0, 0.05) is 26.7 Å². The Bertz CT molecular complexity index is 638. The average molecular weight is 350 g/mol. The van der Waals surface area contributed by atoms with Crippen molar-refractivity contribution in [2.24, 2.45) is 0 Å². The first kappa shape index (κ1) is 15.3. The fraction of sp³-hybridized carbons (Fsp3) is 0. The molecule has 2 N–H and O–H groups in total. The molecule has 0 aliphatic carbocycles. The molecule has 2 nitrogen and oxygen atoms in total. The molecule has 0 unspecified atom stereocenters. The zero-order valence-electron chi connectivity index (χ0n) is 9.87. The molecule has 104 valence electrons. The number of benzene rings is 2. The van der Waals surface area contributed by atoms with Crippen LogP contribution in [-0.4, -0.2) is 10.2 Å². The molecule has 0 aromatic heterocycles. The van der Waals surface area contributed by atoms with E-state index < -0.39 is 0 Å². The van der Waals surface area contributed by atoms with E-state index in [0.29, 0.717) is 21.2 Å². The standard InChI is InChI=1S/C14H8Cl4O2/c15-7-1-3-11(19)9(5-7)13(14(17)18)10-6-8(16)2-4-12(10)20/h1-6,19-20H. The Morgan fingerprint density at radius 3 is 1.50 bits per heavy atom. The van der Waals surface area contributed by atoms with Crippen LogP contribution in [0.25, 0.3) is 5.57 Å². The maximum absolute atomic E-state index is 9.95. The molecule has 0 aliphatic rings. The fourth-order valence-corrected chi connectivity index (χ4v) is 2.52. The van der Waals surface area contributed by atoms with Crippen molar-refractivity contribution in [1.82, 2.24) is 0 Å². The van der Waals surface area contributed by atoms with Crippen molar-refractivity contribution >= 4 is 52.0 Å². The zero-order chi connectivity index (χ0) is 14.9. The Hall–Kier alpha value is -1.06. The minimum Gasteiger partial charge on any atom is -0.507 e. The van der Waals surface area contributed by atoms with Crippen LogP contribution in [0.3, 0.4) is 0 Å². The van der Waals surface area contributed by atoms with Gasteiger partial charge in [-0.25, -0.2) is 0 Å². The summed E-state index contributed by atoms with van der Waals surface area (Å²) in [6.07, 6.45) is 0. The molecular weight excluding hydrogens is 342 g/mol. The van der Waals surface area contributed by atoms with Gasteiger partial charge in [0.05, 0.1) is 0 Å². The number of phenolic OH excluding ortho intramolecular Hbond substituents is 2. The SMILES string of the molecule is Oc1ccc(Cl)cc1C(=C(Cl)Cl)c1cc(Cl)ccc1O. The molecule has 2 aromatic carbocycles. The second kappa shape index (κ2) is 6.15. The Morgan fingerprint density at radius 2 is 1.15 bits per heavy atom. The van der Waals surface area contributed by atoms with E-state index in [9.17, 15) is 10.2 Å². The lowest BCUT2D eigenvalue weighted by molar-refractivity contribution is 0.471. The number of aromatic hydroxyl groups is 2. The number of hydrogen-bond donors (Lipinski definition) is 2. The van der Waals surface area contributed by atoms with Gasteiger partial charge in [0.15, 0.2) is 0 Å². The molecule has 0 radical (unpaired) electrons. The number of hydrogen-bond acceptors (Lipinski definition) is 2. The Balaban J connectivity index is 2.74. The van der Waals surface area contributed by atoms with Crippen LogP contribution in [0, 0.1) is 0 Å². The molecule has 0 bridgehead atoms. The van der Waals surface area contributed by atoms with Gasteiger partial charge in [-0.05, 0) is 36.4 Å². The number of phenols is 2. The normalized spacial score (nSPS) is 10.4. The molecule has 20 heavy (non-hydrogen) atoms. The smallest absolute Gasteiger partial charge is 0.123 e. The monoisotopic (exact) mass is 348 g/mol. The van der Waals surface area contributed by atoms with Crippen LogP contribution in [0.15, 0.2) is 40.9 Å². The van der Waals surface area contributed by atoms with Gasteiger partial charge in [0.25, 0.3) is 0 Å². The summed E-state index contributed by atoms with van der Waals surface area (Å²) in [5, 5.41) is 20.7. The third-order valence-corrected chi connectivity index (χ3v) is 3.49. The minimum atomic E-state index is -0.125. The van der Waals surface area contributed by atoms with Crippen LogP contribution in [0.1, 0.15) is 11.1 Å². The van der Waals surface area contributed by atoms with Crippen LogP contribution < -0.4 is 0 Å². The summed E-state index contributed by atoms with van der Waals surface area (Å²) < 4.78 is -0.125. The average Bonchev–Trinajstić information content (AvgIpc) is 2.37. The summed E-state index contributed by atoms with van der Waals surface area (Å²) in [5.74, 6) is -0.134. The molecule has 0 spiro atoms. The first-order valence-electron chi connectivity index (χ1n) is 5.43. The van der Waals surface area contributed by atoms with Crippen LogP contribution in [-0.2, 0) is 0 Å². The maximum atomic E-state index is 9.95. The Labute approximate surface area is 135 Å². The Morgan fingerprint density at radius 1 is 0.750 bits per heavy atom. The van der Waals surface area contributed by atoms with E-state index in [1.54, 1.807) is 0 Å². The van der Waals surface area contributed by atoms with Gasteiger partial charge in [-0.1, -0.05) is 46.4 Å². The highest BCUT2D eigenvalue weighted by Gasteiger charge is 2.17. The topological polar surface area (TPSA) is 40.5 Å². The van der Waals surface area contributed by atoms with Gasteiger partial charge in [-0.2, -0.15) is 0 Å². The first-order valence-corrected chi connectivity index (χ1v) is 6.94. The van der Waals surface area contributed by atoms with Crippen LogP contribution in [0.5, 0.6) is 11.5 Å². The summed E-state index contributed by atoms with van der Waals surface area (Å²) in [6.45, 7) is 0. The van der Waals surface area contributed by atoms with Crippen molar-refractivity contribution in [3.05, 3.63) is 62.1 Å². The molecule has 2 rings (SSSR count). The molecule has 0 saturated heterocycles. The molecule has 6 heteroatoms. The summed E-state index contributed by atoms with van der Waals surface area (Å²) in [5.41, 5.74) is 0.846. The molecular formula is C14H8Cl4O2. The summed E-state index contributed by atoms with van der Waals surface area (Å²) in [6, 6.07) is 8.87. The van der Waals surface area contributed by atoms with Crippen molar-refractivity contribution in [2.45, 2.75) is 0 Å². The molecule has 0 aliphatic heterocycles. The van der Waals surface area contributed by atoms with E-state index in [-0.39, 0.29) is 21.6 Å². The largest absolute Gasteiger partial charge is 0.507 e.